The van der Waals surface area contributed by atoms with E-state index in [4.69, 9.17) is 0 Å². The van der Waals surface area contributed by atoms with Crippen LogP contribution in [0.25, 0.3) is 0 Å². The van der Waals surface area contributed by atoms with E-state index in [0.717, 1.165) is 0 Å². The van der Waals surface area contributed by atoms with E-state index < -0.39 is 35.7 Å². The van der Waals surface area contributed by atoms with Crippen molar-refractivity contribution < 1.29 is 31.4 Å². The van der Waals surface area contributed by atoms with Gasteiger partial charge in [-0.2, -0.15) is 26.3 Å². The molecular weight excluding hydrogens is 298 g/mol. The van der Waals surface area contributed by atoms with Gasteiger partial charge < -0.3 is 5.11 Å². The highest BCUT2D eigenvalue weighted by Crippen LogP contribution is 2.94. The van der Waals surface area contributed by atoms with Gasteiger partial charge in [-0.1, -0.05) is 20.8 Å². The fourth-order valence-corrected chi connectivity index (χ4v) is 6.08. The van der Waals surface area contributed by atoms with Crippen LogP contribution in [0.2, 0.25) is 0 Å². The fourth-order valence-electron chi connectivity index (χ4n) is 6.08. The number of halogens is 6. The molecule has 0 radical (unpaired) electrons. The molecule has 21 heavy (non-hydrogen) atoms. The van der Waals surface area contributed by atoms with Crippen molar-refractivity contribution in [2.24, 2.45) is 34.5 Å². The first-order valence-corrected chi connectivity index (χ1v) is 7.11. The zero-order chi connectivity index (χ0) is 16.2. The third kappa shape index (κ3) is 1.36. The molecule has 0 amide bonds. The Morgan fingerprint density at radius 3 is 1.81 bits per heavy atom. The van der Waals surface area contributed by atoms with Crippen LogP contribution in [0.1, 0.15) is 33.6 Å². The van der Waals surface area contributed by atoms with Gasteiger partial charge in [0.05, 0.1) is 0 Å². The van der Waals surface area contributed by atoms with Crippen LogP contribution < -0.4 is 0 Å². The molecular formula is C14H18F6O. The summed E-state index contributed by atoms with van der Waals surface area (Å²) in [7, 11) is 0. The molecule has 0 heterocycles. The first-order chi connectivity index (χ1) is 9.25. The lowest BCUT2D eigenvalue weighted by atomic mass is 9.37. The minimum Gasteiger partial charge on any atom is -0.374 e. The third-order valence-electron chi connectivity index (χ3n) is 7.09. The van der Waals surface area contributed by atoms with Gasteiger partial charge in [0, 0.05) is 0 Å². The van der Waals surface area contributed by atoms with Crippen molar-refractivity contribution in [3.63, 3.8) is 0 Å². The van der Waals surface area contributed by atoms with Crippen molar-refractivity contribution in [1.82, 2.24) is 0 Å². The first kappa shape index (κ1) is 15.4. The molecule has 3 saturated carbocycles. The van der Waals surface area contributed by atoms with Gasteiger partial charge in [0.15, 0.2) is 0 Å². The lowest BCUT2D eigenvalue weighted by Gasteiger charge is -2.67. The number of rotatable bonds is 2. The molecule has 7 heteroatoms. The Bertz CT molecular complexity index is 469. The predicted octanol–water partition coefficient (Wildman–Crippen LogP) is 4.16. The van der Waals surface area contributed by atoms with Crippen LogP contribution in [0, 0.1) is 34.5 Å². The molecule has 0 aromatic heterocycles. The van der Waals surface area contributed by atoms with Crippen molar-refractivity contribution in [1.29, 1.82) is 0 Å². The molecule has 0 aliphatic heterocycles. The maximum absolute atomic E-state index is 12.8. The topological polar surface area (TPSA) is 20.2 Å². The lowest BCUT2D eigenvalue weighted by Crippen LogP contribution is -2.66. The molecule has 3 aliphatic carbocycles. The minimum absolute atomic E-state index is 0.153. The molecule has 1 spiro atoms. The Hall–Kier alpha value is -0.460. The maximum Gasteiger partial charge on any atom is 0.426 e. The van der Waals surface area contributed by atoms with Crippen LogP contribution in [0.3, 0.4) is 0 Å². The molecule has 3 aliphatic rings. The standard InChI is InChI=1S/C14H18F6O/c1-6-9-7(2)12(9)8(4-10(6,12)3)5-11(21,13(15,16)17)14(18,19)20/h6-9,21H,4-5H2,1-3H3. The molecule has 122 valence electrons. The van der Waals surface area contributed by atoms with E-state index in [0.29, 0.717) is 12.3 Å². The molecule has 0 aromatic carbocycles. The average molecular weight is 316 g/mol. The van der Waals surface area contributed by atoms with E-state index in [1.54, 1.807) is 0 Å². The van der Waals surface area contributed by atoms with Gasteiger partial charge in [-0.15, -0.1) is 0 Å². The summed E-state index contributed by atoms with van der Waals surface area (Å²) in [4.78, 5) is 0. The molecule has 3 fully saturated rings. The van der Waals surface area contributed by atoms with Crippen molar-refractivity contribution >= 4 is 0 Å². The van der Waals surface area contributed by atoms with Crippen molar-refractivity contribution in [3.05, 3.63) is 0 Å². The summed E-state index contributed by atoms with van der Waals surface area (Å²) >= 11 is 0. The largest absolute Gasteiger partial charge is 0.426 e. The Kier molecular flexibility index (Phi) is 2.60. The number of hydrogen-bond donors (Lipinski definition) is 1. The van der Waals surface area contributed by atoms with E-state index in [2.05, 4.69) is 0 Å². The summed E-state index contributed by atoms with van der Waals surface area (Å²) in [5.41, 5.74) is -5.15. The summed E-state index contributed by atoms with van der Waals surface area (Å²) in [5, 5.41) is 9.37. The van der Waals surface area contributed by atoms with Crippen LogP contribution in [0.5, 0.6) is 0 Å². The Morgan fingerprint density at radius 2 is 1.48 bits per heavy atom. The molecule has 0 saturated heterocycles. The van der Waals surface area contributed by atoms with Crippen molar-refractivity contribution in [3.8, 4) is 0 Å². The summed E-state index contributed by atoms with van der Waals surface area (Å²) in [6, 6.07) is 0. The van der Waals surface area contributed by atoms with Crippen LogP contribution in [0.4, 0.5) is 26.3 Å². The second-order valence-corrected chi connectivity index (χ2v) is 7.41. The SMILES string of the molecule is CC1C2C(C)C23C(CC(O)(C(F)(F)F)C(F)(F)F)CC13C. The first-order valence-electron chi connectivity index (χ1n) is 7.11. The van der Waals surface area contributed by atoms with Crippen LogP contribution in [0.15, 0.2) is 0 Å². The smallest absolute Gasteiger partial charge is 0.374 e. The average Bonchev–Trinajstić information content (AvgIpc) is 2.92. The van der Waals surface area contributed by atoms with Crippen molar-refractivity contribution in [2.75, 3.05) is 0 Å². The second-order valence-electron chi connectivity index (χ2n) is 7.41. The number of alkyl halides is 6. The summed E-state index contributed by atoms with van der Waals surface area (Å²) < 4.78 is 76.8. The van der Waals surface area contributed by atoms with Crippen LogP contribution in [-0.2, 0) is 0 Å². The predicted molar refractivity (Wildman–Crippen MR) is 62.1 cm³/mol. The van der Waals surface area contributed by atoms with Gasteiger partial charge in [-0.25, -0.2) is 0 Å². The second kappa shape index (κ2) is 3.54. The molecule has 3 rings (SSSR count). The molecule has 1 nitrogen and oxygen atoms in total. The van der Waals surface area contributed by atoms with E-state index in [9.17, 15) is 31.4 Å². The normalized spacial score (nSPS) is 48.9. The molecule has 1 N–H and O–H groups in total. The van der Waals surface area contributed by atoms with E-state index in [1.807, 2.05) is 20.8 Å². The Labute approximate surface area is 118 Å². The van der Waals surface area contributed by atoms with Crippen LogP contribution in [-0.4, -0.2) is 23.1 Å². The lowest BCUT2D eigenvalue weighted by molar-refractivity contribution is -0.381. The minimum atomic E-state index is -5.70. The van der Waals surface area contributed by atoms with Gasteiger partial charge in [0.2, 0.25) is 0 Å². The Morgan fingerprint density at radius 1 is 1.00 bits per heavy atom. The molecule has 6 unspecified atom stereocenters. The Balaban J connectivity index is 1.85. The zero-order valence-corrected chi connectivity index (χ0v) is 11.9. The molecule has 0 aromatic rings. The monoisotopic (exact) mass is 316 g/mol. The van der Waals surface area contributed by atoms with Crippen molar-refractivity contribution in [2.45, 2.75) is 51.6 Å². The van der Waals surface area contributed by atoms with E-state index >= 15 is 0 Å². The van der Waals surface area contributed by atoms with Gasteiger partial charge >= 0.3 is 12.4 Å². The number of hydrogen-bond acceptors (Lipinski definition) is 1. The third-order valence-corrected chi connectivity index (χ3v) is 7.09. The van der Waals surface area contributed by atoms with E-state index in [-0.39, 0.29) is 17.3 Å². The van der Waals surface area contributed by atoms with Crippen LogP contribution >= 0.6 is 0 Å². The molecule has 0 bridgehead atoms. The van der Waals surface area contributed by atoms with Gasteiger partial charge in [0.25, 0.3) is 5.60 Å². The zero-order valence-electron chi connectivity index (χ0n) is 11.9. The fraction of sp³-hybridized carbons (Fsp3) is 1.00. The summed E-state index contributed by atoms with van der Waals surface area (Å²) in [5.74, 6) is 0.00880. The molecule has 6 atom stereocenters. The summed E-state index contributed by atoms with van der Waals surface area (Å²) in [6.45, 7) is 5.87. The van der Waals surface area contributed by atoms with Gasteiger partial charge in [-0.05, 0) is 47.3 Å². The number of aliphatic hydroxyl groups is 1. The van der Waals surface area contributed by atoms with Gasteiger partial charge in [0.1, 0.15) is 0 Å². The highest BCUT2D eigenvalue weighted by Gasteiger charge is 2.91. The maximum atomic E-state index is 12.8. The quantitative estimate of drug-likeness (QED) is 0.759. The highest BCUT2D eigenvalue weighted by molar-refractivity contribution is 5.37. The highest BCUT2D eigenvalue weighted by atomic mass is 19.4. The van der Waals surface area contributed by atoms with E-state index in [1.165, 1.54) is 0 Å². The van der Waals surface area contributed by atoms with Gasteiger partial charge in [-0.3, -0.25) is 0 Å². The summed E-state index contributed by atoms with van der Waals surface area (Å²) in [6.07, 6.45) is -12.3.